The molecule has 0 aromatic carbocycles. The van der Waals surface area contributed by atoms with E-state index in [9.17, 15) is 4.79 Å². The van der Waals surface area contributed by atoms with Crippen LogP contribution in [-0.4, -0.2) is 49.2 Å². The van der Waals surface area contributed by atoms with E-state index in [-0.39, 0.29) is 18.1 Å². The molecule has 0 bridgehead atoms. The summed E-state index contributed by atoms with van der Waals surface area (Å²) in [5, 5.41) is 3.17. The number of piperidine rings is 1. The SMILES string of the molecule is CC1CCN(C(=O)COC2(C)CNC2)CC1C. The molecule has 2 unspecified atom stereocenters. The lowest BCUT2D eigenvalue weighted by atomic mass is 9.89. The first kappa shape index (κ1) is 12.8. The summed E-state index contributed by atoms with van der Waals surface area (Å²) in [4.78, 5) is 14.0. The van der Waals surface area contributed by atoms with Gasteiger partial charge in [0.2, 0.25) is 5.91 Å². The highest BCUT2D eigenvalue weighted by atomic mass is 16.5. The van der Waals surface area contributed by atoms with Crippen LogP contribution in [0.5, 0.6) is 0 Å². The Morgan fingerprint density at radius 1 is 1.41 bits per heavy atom. The second kappa shape index (κ2) is 4.94. The standard InChI is InChI=1S/C13H24N2O2/c1-10-4-5-15(6-11(10)2)12(16)7-17-13(3)8-14-9-13/h10-11,14H,4-9H2,1-3H3. The molecule has 4 heteroatoms. The van der Waals surface area contributed by atoms with Crippen molar-refractivity contribution in [3.63, 3.8) is 0 Å². The van der Waals surface area contributed by atoms with Crippen LogP contribution in [0.2, 0.25) is 0 Å². The molecule has 17 heavy (non-hydrogen) atoms. The van der Waals surface area contributed by atoms with E-state index in [4.69, 9.17) is 4.74 Å². The van der Waals surface area contributed by atoms with Gasteiger partial charge in [0.15, 0.2) is 0 Å². The van der Waals surface area contributed by atoms with Gasteiger partial charge in [-0.2, -0.15) is 0 Å². The molecule has 0 aromatic heterocycles. The molecule has 4 nitrogen and oxygen atoms in total. The van der Waals surface area contributed by atoms with Crippen LogP contribution in [-0.2, 0) is 9.53 Å². The number of carbonyl (C=O) groups excluding carboxylic acids is 1. The highest BCUT2D eigenvalue weighted by Crippen LogP contribution is 2.23. The molecule has 2 aliphatic heterocycles. The first-order valence-electron chi connectivity index (χ1n) is 6.63. The molecule has 0 saturated carbocycles. The summed E-state index contributed by atoms with van der Waals surface area (Å²) in [6.45, 7) is 10.3. The molecule has 2 heterocycles. The van der Waals surface area contributed by atoms with Crippen molar-refractivity contribution >= 4 is 5.91 Å². The van der Waals surface area contributed by atoms with Gasteiger partial charge in [-0.1, -0.05) is 13.8 Å². The van der Waals surface area contributed by atoms with Crippen LogP contribution in [0.4, 0.5) is 0 Å². The van der Waals surface area contributed by atoms with Gasteiger partial charge in [0.25, 0.3) is 0 Å². The second-order valence-corrected chi connectivity index (χ2v) is 5.93. The normalized spacial score (nSPS) is 32.1. The van der Waals surface area contributed by atoms with E-state index in [0.717, 1.165) is 38.5 Å². The molecule has 0 aromatic rings. The zero-order chi connectivity index (χ0) is 12.5. The van der Waals surface area contributed by atoms with E-state index in [0.29, 0.717) is 5.92 Å². The largest absolute Gasteiger partial charge is 0.363 e. The van der Waals surface area contributed by atoms with E-state index in [1.54, 1.807) is 0 Å². The fourth-order valence-electron chi connectivity index (χ4n) is 2.40. The van der Waals surface area contributed by atoms with E-state index in [2.05, 4.69) is 26.1 Å². The van der Waals surface area contributed by atoms with Crippen LogP contribution in [0.3, 0.4) is 0 Å². The summed E-state index contributed by atoms with van der Waals surface area (Å²) < 4.78 is 5.69. The minimum absolute atomic E-state index is 0.121. The van der Waals surface area contributed by atoms with E-state index in [1.807, 2.05) is 4.90 Å². The van der Waals surface area contributed by atoms with Crippen molar-refractivity contribution in [1.82, 2.24) is 10.2 Å². The average Bonchev–Trinajstić information content (AvgIpc) is 2.27. The summed E-state index contributed by atoms with van der Waals surface area (Å²) in [5.74, 6) is 1.49. The lowest BCUT2D eigenvalue weighted by Gasteiger charge is -2.40. The Labute approximate surface area is 104 Å². The Morgan fingerprint density at radius 2 is 2.12 bits per heavy atom. The predicted molar refractivity (Wildman–Crippen MR) is 66.8 cm³/mol. The fraction of sp³-hybridized carbons (Fsp3) is 0.923. The predicted octanol–water partition coefficient (Wildman–Crippen LogP) is 0.869. The first-order valence-corrected chi connectivity index (χ1v) is 6.63. The maximum atomic E-state index is 12.0. The van der Waals surface area contributed by atoms with Gasteiger partial charge in [-0.25, -0.2) is 0 Å². The minimum atomic E-state index is -0.121. The number of hydrogen-bond acceptors (Lipinski definition) is 3. The molecule has 1 amide bonds. The second-order valence-electron chi connectivity index (χ2n) is 5.93. The summed E-state index contributed by atoms with van der Waals surface area (Å²) >= 11 is 0. The summed E-state index contributed by atoms with van der Waals surface area (Å²) in [7, 11) is 0. The molecule has 2 atom stereocenters. The van der Waals surface area contributed by atoms with Crippen molar-refractivity contribution in [2.75, 3.05) is 32.8 Å². The van der Waals surface area contributed by atoms with Crippen LogP contribution >= 0.6 is 0 Å². The van der Waals surface area contributed by atoms with E-state index in [1.165, 1.54) is 0 Å². The van der Waals surface area contributed by atoms with Gasteiger partial charge in [-0.05, 0) is 25.2 Å². The maximum Gasteiger partial charge on any atom is 0.248 e. The molecular formula is C13H24N2O2. The lowest BCUT2D eigenvalue weighted by Crippen LogP contribution is -2.60. The van der Waals surface area contributed by atoms with Crippen molar-refractivity contribution in [3.8, 4) is 0 Å². The third-order valence-electron chi connectivity index (χ3n) is 4.23. The van der Waals surface area contributed by atoms with Crippen LogP contribution in [0.25, 0.3) is 0 Å². The topological polar surface area (TPSA) is 41.6 Å². The van der Waals surface area contributed by atoms with E-state index < -0.39 is 0 Å². The van der Waals surface area contributed by atoms with Crippen LogP contribution in [0.1, 0.15) is 27.2 Å². The zero-order valence-corrected chi connectivity index (χ0v) is 11.2. The maximum absolute atomic E-state index is 12.0. The van der Waals surface area contributed by atoms with Gasteiger partial charge in [-0.3, -0.25) is 4.79 Å². The number of nitrogens with zero attached hydrogens (tertiary/aromatic N) is 1. The molecule has 0 radical (unpaired) electrons. The number of ether oxygens (including phenoxy) is 1. The van der Waals surface area contributed by atoms with Gasteiger partial charge in [0.1, 0.15) is 6.61 Å². The molecule has 2 saturated heterocycles. The Hall–Kier alpha value is -0.610. The Balaban J connectivity index is 1.76. The molecule has 2 fully saturated rings. The number of nitrogens with one attached hydrogen (secondary N) is 1. The monoisotopic (exact) mass is 240 g/mol. The smallest absolute Gasteiger partial charge is 0.248 e. The minimum Gasteiger partial charge on any atom is -0.363 e. The summed E-state index contributed by atoms with van der Waals surface area (Å²) in [6, 6.07) is 0. The average molecular weight is 240 g/mol. The number of rotatable bonds is 3. The number of amides is 1. The number of likely N-dealkylation sites (tertiary alicyclic amines) is 1. The molecule has 0 aliphatic carbocycles. The van der Waals surface area contributed by atoms with Crippen LogP contribution < -0.4 is 5.32 Å². The van der Waals surface area contributed by atoms with Crippen molar-refractivity contribution in [2.24, 2.45) is 11.8 Å². The third-order valence-corrected chi connectivity index (χ3v) is 4.23. The number of hydrogen-bond donors (Lipinski definition) is 1. The van der Waals surface area contributed by atoms with Crippen LogP contribution in [0.15, 0.2) is 0 Å². The Morgan fingerprint density at radius 3 is 2.65 bits per heavy atom. The molecule has 2 aliphatic rings. The molecular weight excluding hydrogens is 216 g/mol. The summed E-state index contributed by atoms with van der Waals surface area (Å²) in [6.07, 6.45) is 1.12. The van der Waals surface area contributed by atoms with Gasteiger partial charge >= 0.3 is 0 Å². The first-order chi connectivity index (χ1) is 8.00. The number of carbonyl (C=O) groups is 1. The van der Waals surface area contributed by atoms with Crippen molar-refractivity contribution in [1.29, 1.82) is 0 Å². The molecule has 98 valence electrons. The summed E-state index contributed by atoms with van der Waals surface area (Å²) in [5.41, 5.74) is -0.121. The molecule has 1 N–H and O–H groups in total. The van der Waals surface area contributed by atoms with Crippen molar-refractivity contribution in [2.45, 2.75) is 32.8 Å². The fourth-order valence-corrected chi connectivity index (χ4v) is 2.40. The Bertz CT molecular complexity index is 289. The van der Waals surface area contributed by atoms with Gasteiger partial charge in [-0.15, -0.1) is 0 Å². The van der Waals surface area contributed by atoms with Gasteiger partial charge in [0.05, 0.1) is 5.60 Å². The van der Waals surface area contributed by atoms with Gasteiger partial charge in [0, 0.05) is 26.2 Å². The Kier molecular flexibility index (Phi) is 3.73. The van der Waals surface area contributed by atoms with Crippen LogP contribution in [0, 0.1) is 11.8 Å². The quantitative estimate of drug-likeness (QED) is 0.796. The third kappa shape index (κ3) is 2.99. The molecule has 0 spiro atoms. The lowest BCUT2D eigenvalue weighted by molar-refractivity contribution is -0.148. The molecule has 2 rings (SSSR count). The van der Waals surface area contributed by atoms with Gasteiger partial charge < -0.3 is 15.0 Å². The highest BCUT2D eigenvalue weighted by molar-refractivity contribution is 5.77. The van der Waals surface area contributed by atoms with E-state index >= 15 is 0 Å². The highest BCUT2D eigenvalue weighted by Gasteiger charge is 2.34. The van der Waals surface area contributed by atoms with Crippen molar-refractivity contribution < 1.29 is 9.53 Å². The zero-order valence-electron chi connectivity index (χ0n) is 11.2. The van der Waals surface area contributed by atoms with Crippen molar-refractivity contribution in [3.05, 3.63) is 0 Å².